The van der Waals surface area contributed by atoms with Crippen molar-refractivity contribution in [1.82, 2.24) is 4.98 Å². The van der Waals surface area contributed by atoms with Crippen LogP contribution >= 0.6 is 0 Å². The summed E-state index contributed by atoms with van der Waals surface area (Å²) < 4.78 is 23.3. The summed E-state index contributed by atoms with van der Waals surface area (Å²) in [6.07, 6.45) is 0.560. The second-order valence-corrected chi connectivity index (χ2v) is 2.94. The Kier molecular flexibility index (Phi) is 2.45. The molecule has 0 radical (unpaired) electrons. The Labute approximate surface area is 80.5 Å². The molecular weight excluding hydrogens is 185 g/mol. The van der Waals surface area contributed by atoms with Crippen LogP contribution in [0.25, 0.3) is 11.1 Å². The number of methoxy groups -OCH3 is 1. The van der Waals surface area contributed by atoms with Gasteiger partial charge in [0.15, 0.2) is 17.3 Å². The van der Waals surface area contributed by atoms with Gasteiger partial charge in [-0.1, -0.05) is 6.07 Å². The number of halogens is 1. The zero-order valence-corrected chi connectivity index (χ0v) is 7.79. The number of oxazole rings is 1. The van der Waals surface area contributed by atoms with E-state index in [0.29, 0.717) is 24.4 Å². The highest BCUT2D eigenvalue weighted by molar-refractivity contribution is 5.72. The average Bonchev–Trinajstić information content (AvgIpc) is 2.59. The van der Waals surface area contributed by atoms with E-state index in [4.69, 9.17) is 9.15 Å². The maximum Gasteiger partial charge on any atom is 0.197 e. The second-order valence-electron chi connectivity index (χ2n) is 2.94. The highest BCUT2D eigenvalue weighted by Gasteiger charge is 2.08. The van der Waals surface area contributed by atoms with Gasteiger partial charge in [-0.25, -0.2) is 9.37 Å². The number of aromatic nitrogens is 1. The van der Waals surface area contributed by atoms with Crippen LogP contribution in [0.5, 0.6) is 0 Å². The van der Waals surface area contributed by atoms with Gasteiger partial charge in [0.25, 0.3) is 0 Å². The van der Waals surface area contributed by atoms with Crippen molar-refractivity contribution in [2.45, 2.75) is 6.42 Å². The van der Waals surface area contributed by atoms with Gasteiger partial charge in [-0.05, 0) is 12.1 Å². The fraction of sp³-hybridized carbons (Fsp3) is 0.300. The van der Waals surface area contributed by atoms with Gasteiger partial charge in [-0.3, -0.25) is 0 Å². The number of benzene rings is 1. The number of fused-ring (bicyclic) bond motifs is 1. The van der Waals surface area contributed by atoms with E-state index in [1.807, 2.05) is 0 Å². The Balaban J connectivity index is 2.36. The molecule has 2 aromatic rings. The first-order valence-corrected chi connectivity index (χ1v) is 4.34. The van der Waals surface area contributed by atoms with Crippen molar-refractivity contribution < 1.29 is 13.5 Å². The van der Waals surface area contributed by atoms with E-state index in [2.05, 4.69) is 4.98 Å². The van der Waals surface area contributed by atoms with Gasteiger partial charge in [0, 0.05) is 13.5 Å². The van der Waals surface area contributed by atoms with Gasteiger partial charge in [0.2, 0.25) is 0 Å². The molecule has 74 valence electrons. The van der Waals surface area contributed by atoms with Gasteiger partial charge in [-0.2, -0.15) is 0 Å². The SMILES string of the molecule is COCCc1nc2cccc(F)c2o1. The fourth-order valence-corrected chi connectivity index (χ4v) is 1.26. The molecule has 3 nitrogen and oxygen atoms in total. The number of rotatable bonds is 3. The number of hydrogen-bond acceptors (Lipinski definition) is 3. The molecule has 0 fully saturated rings. The van der Waals surface area contributed by atoms with Crippen LogP contribution in [0.3, 0.4) is 0 Å². The molecule has 4 heteroatoms. The van der Waals surface area contributed by atoms with E-state index in [-0.39, 0.29) is 11.4 Å². The first-order valence-electron chi connectivity index (χ1n) is 4.34. The predicted octanol–water partition coefficient (Wildman–Crippen LogP) is 2.16. The minimum Gasteiger partial charge on any atom is -0.438 e. The summed E-state index contributed by atoms with van der Waals surface area (Å²) >= 11 is 0. The van der Waals surface area contributed by atoms with Crippen molar-refractivity contribution in [3.63, 3.8) is 0 Å². The molecule has 0 amide bonds. The van der Waals surface area contributed by atoms with E-state index in [0.717, 1.165) is 0 Å². The van der Waals surface area contributed by atoms with Gasteiger partial charge < -0.3 is 9.15 Å². The Morgan fingerprint density at radius 3 is 3.07 bits per heavy atom. The Morgan fingerprint density at radius 1 is 1.50 bits per heavy atom. The van der Waals surface area contributed by atoms with Crippen molar-refractivity contribution in [1.29, 1.82) is 0 Å². The Morgan fingerprint density at radius 2 is 2.36 bits per heavy atom. The molecule has 0 atom stereocenters. The summed E-state index contributed by atoms with van der Waals surface area (Å²) in [5.74, 6) is 0.130. The molecule has 0 aliphatic heterocycles. The molecule has 1 aromatic heterocycles. The van der Waals surface area contributed by atoms with Gasteiger partial charge in [-0.15, -0.1) is 0 Å². The normalized spacial score (nSPS) is 11.0. The fourth-order valence-electron chi connectivity index (χ4n) is 1.26. The van der Waals surface area contributed by atoms with Crippen molar-refractivity contribution in [3.8, 4) is 0 Å². The van der Waals surface area contributed by atoms with Crippen LogP contribution in [0.15, 0.2) is 22.6 Å². The standard InChI is InChI=1S/C10H10FNO2/c1-13-6-5-9-12-8-4-2-3-7(11)10(8)14-9/h2-4H,5-6H2,1H3. The van der Waals surface area contributed by atoms with Gasteiger partial charge >= 0.3 is 0 Å². The highest BCUT2D eigenvalue weighted by atomic mass is 19.1. The number of para-hydroxylation sites is 1. The van der Waals surface area contributed by atoms with Crippen molar-refractivity contribution in [3.05, 3.63) is 29.9 Å². The summed E-state index contributed by atoms with van der Waals surface area (Å²) in [5.41, 5.74) is 0.773. The van der Waals surface area contributed by atoms with Crippen LogP contribution in [-0.4, -0.2) is 18.7 Å². The van der Waals surface area contributed by atoms with Crippen LogP contribution < -0.4 is 0 Å². The smallest absolute Gasteiger partial charge is 0.197 e. The van der Waals surface area contributed by atoms with Crippen molar-refractivity contribution in [2.24, 2.45) is 0 Å². The Hall–Kier alpha value is -1.42. The predicted molar refractivity (Wildman–Crippen MR) is 49.5 cm³/mol. The monoisotopic (exact) mass is 195 g/mol. The number of ether oxygens (including phenoxy) is 1. The summed E-state index contributed by atoms with van der Waals surface area (Å²) in [5, 5.41) is 0. The van der Waals surface area contributed by atoms with Gasteiger partial charge in [0.1, 0.15) is 5.52 Å². The van der Waals surface area contributed by atoms with Crippen molar-refractivity contribution >= 4 is 11.1 Å². The maximum absolute atomic E-state index is 13.2. The maximum atomic E-state index is 13.2. The first-order chi connectivity index (χ1) is 6.81. The summed E-state index contributed by atoms with van der Waals surface area (Å²) in [4.78, 5) is 4.12. The molecule has 0 aliphatic rings. The summed E-state index contributed by atoms with van der Waals surface area (Å²) in [6, 6.07) is 4.69. The molecule has 0 bridgehead atoms. The lowest BCUT2D eigenvalue weighted by molar-refractivity contribution is 0.195. The molecule has 0 saturated carbocycles. The third-order valence-electron chi connectivity index (χ3n) is 1.93. The number of nitrogens with zero attached hydrogens (tertiary/aromatic N) is 1. The second kappa shape index (κ2) is 3.75. The number of hydrogen-bond donors (Lipinski definition) is 0. The summed E-state index contributed by atoms with van der Waals surface area (Å²) in [6.45, 7) is 0.522. The largest absolute Gasteiger partial charge is 0.438 e. The summed E-state index contributed by atoms with van der Waals surface area (Å²) in [7, 11) is 1.60. The van der Waals surface area contributed by atoms with E-state index in [1.165, 1.54) is 6.07 Å². The Bertz CT molecular complexity index is 439. The lowest BCUT2D eigenvalue weighted by Crippen LogP contribution is -1.93. The topological polar surface area (TPSA) is 35.3 Å². The molecule has 0 unspecified atom stereocenters. The zero-order chi connectivity index (χ0) is 9.97. The minimum atomic E-state index is -0.376. The van der Waals surface area contributed by atoms with Crippen molar-refractivity contribution in [2.75, 3.05) is 13.7 Å². The molecule has 14 heavy (non-hydrogen) atoms. The quantitative estimate of drug-likeness (QED) is 0.752. The molecule has 0 saturated heterocycles. The minimum absolute atomic E-state index is 0.221. The van der Waals surface area contributed by atoms with Crippen LogP contribution in [0, 0.1) is 5.82 Å². The van der Waals surface area contributed by atoms with E-state index in [9.17, 15) is 4.39 Å². The average molecular weight is 195 g/mol. The van der Waals surface area contributed by atoms with E-state index in [1.54, 1.807) is 19.2 Å². The molecule has 0 N–H and O–H groups in total. The van der Waals surface area contributed by atoms with Gasteiger partial charge in [0.05, 0.1) is 6.61 Å². The van der Waals surface area contributed by atoms with Crippen LogP contribution in [0.2, 0.25) is 0 Å². The lowest BCUT2D eigenvalue weighted by Gasteiger charge is -1.91. The van der Waals surface area contributed by atoms with E-state index < -0.39 is 0 Å². The van der Waals surface area contributed by atoms with Crippen LogP contribution in [0.1, 0.15) is 5.89 Å². The highest BCUT2D eigenvalue weighted by Crippen LogP contribution is 2.18. The molecule has 2 rings (SSSR count). The third-order valence-corrected chi connectivity index (χ3v) is 1.93. The van der Waals surface area contributed by atoms with Crippen LogP contribution in [-0.2, 0) is 11.2 Å². The lowest BCUT2D eigenvalue weighted by atomic mass is 10.3. The molecule has 1 heterocycles. The zero-order valence-electron chi connectivity index (χ0n) is 7.79. The van der Waals surface area contributed by atoms with Crippen LogP contribution in [0.4, 0.5) is 4.39 Å². The molecule has 0 aliphatic carbocycles. The molecule has 1 aromatic carbocycles. The third kappa shape index (κ3) is 1.61. The van der Waals surface area contributed by atoms with E-state index >= 15 is 0 Å². The molecular formula is C10H10FNO2. The first kappa shape index (κ1) is 9.15. The molecule has 0 spiro atoms.